The summed E-state index contributed by atoms with van der Waals surface area (Å²) in [5.74, 6) is 0.209. The summed E-state index contributed by atoms with van der Waals surface area (Å²) >= 11 is 1.06. The minimum absolute atomic E-state index is 0.142. The van der Waals surface area contributed by atoms with E-state index < -0.39 is 11.7 Å². The van der Waals surface area contributed by atoms with Crippen LogP contribution < -0.4 is 0 Å². The molecule has 0 atom stereocenters. The molecule has 0 saturated carbocycles. The molecule has 2 nitrogen and oxygen atoms in total. The maximum Gasteiger partial charge on any atom is 0.417 e. The number of halogens is 3. The Hall–Kier alpha value is -1.22. The Labute approximate surface area is 108 Å². The molecule has 0 radical (unpaired) electrons. The molecule has 0 aliphatic carbocycles. The van der Waals surface area contributed by atoms with E-state index in [4.69, 9.17) is 5.26 Å². The first-order valence-electron chi connectivity index (χ1n) is 5.34. The van der Waals surface area contributed by atoms with E-state index in [1.54, 1.807) is 12.3 Å². The Bertz CT molecular complexity index is 475. The number of rotatable bonds is 3. The number of nitrogens with zero attached hydrogens (tertiary/aromatic N) is 2. The van der Waals surface area contributed by atoms with Crippen LogP contribution in [0.5, 0.6) is 0 Å². The highest BCUT2D eigenvalue weighted by atomic mass is 32.2. The van der Waals surface area contributed by atoms with Crippen molar-refractivity contribution in [2.24, 2.45) is 5.92 Å². The molecule has 0 saturated heterocycles. The standard InChI is InChI=1S/C12H13F3N2S/c1-7(2)4-8-5-10(12(13,14)15)9(6-16)11(17-8)18-3/h5,7H,4H2,1-3H3. The molecule has 1 aromatic rings. The smallest absolute Gasteiger partial charge is 0.245 e. The van der Waals surface area contributed by atoms with Crippen molar-refractivity contribution in [1.29, 1.82) is 5.26 Å². The van der Waals surface area contributed by atoms with Crippen molar-refractivity contribution < 1.29 is 13.2 Å². The van der Waals surface area contributed by atoms with Crippen LogP contribution in [0.3, 0.4) is 0 Å². The van der Waals surface area contributed by atoms with Gasteiger partial charge >= 0.3 is 6.18 Å². The molecule has 1 rings (SSSR count). The van der Waals surface area contributed by atoms with Gasteiger partial charge in [-0.25, -0.2) is 4.98 Å². The summed E-state index contributed by atoms with van der Waals surface area (Å²) < 4.78 is 38.6. The molecule has 98 valence electrons. The second-order valence-electron chi connectivity index (χ2n) is 4.25. The quantitative estimate of drug-likeness (QED) is 0.784. The third-order valence-corrected chi connectivity index (χ3v) is 2.95. The monoisotopic (exact) mass is 274 g/mol. The molecule has 0 N–H and O–H groups in total. The molecule has 0 unspecified atom stereocenters. The summed E-state index contributed by atoms with van der Waals surface area (Å²) in [4.78, 5) is 4.12. The van der Waals surface area contributed by atoms with Crippen molar-refractivity contribution in [3.05, 3.63) is 22.9 Å². The Morgan fingerprint density at radius 3 is 2.44 bits per heavy atom. The van der Waals surface area contributed by atoms with E-state index in [1.807, 2.05) is 13.8 Å². The van der Waals surface area contributed by atoms with Gasteiger partial charge < -0.3 is 0 Å². The van der Waals surface area contributed by atoms with Crippen molar-refractivity contribution in [3.63, 3.8) is 0 Å². The van der Waals surface area contributed by atoms with E-state index in [0.717, 1.165) is 17.8 Å². The van der Waals surface area contributed by atoms with Gasteiger partial charge in [-0.15, -0.1) is 11.8 Å². The van der Waals surface area contributed by atoms with Crippen LogP contribution in [0.25, 0.3) is 0 Å². The Morgan fingerprint density at radius 2 is 2.06 bits per heavy atom. The molecular formula is C12H13F3N2S. The summed E-state index contributed by atoms with van der Waals surface area (Å²) in [5, 5.41) is 9.00. The average molecular weight is 274 g/mol. The zero-order valence-electron chi connectivity index (χ0n) is 10.3. The Morgan fingerprint density at radius 1 is 1.44 bits per heavy atom. The minimum Gasteiger partial charge on any atom is -0.245 e. The van der Waals surface area contributed by atoms with Crippen LogP contribution in [0.1, 0.15) is 30.7 Å². The molecule has 18 heavy (non-hydrogen) atoms. The lowest BCUT2D eigenvalue weighted by Gasteiger charge is -2.14. The molecule has 0 aromatic carbocycles. The van der Waals surface area contributed by atoms with Gasteiger partial charge in [-0.1, -0.05) is 13.8 Å². The third kappa shape index (κ3) is 3.39. The van der Waals surface area contributed by atoms with Crippen LogP contribution in [-0.2, 0) is 12.6 Å². The van der Waals surface area contributed by atoms with Gasteiger partial charge in [-0.2, -0.15) is 18.4 Å². The summed E-state index contributed by atoms with van der Waals surface area (Å²) in [5.41, 5.74) is -0.900. The minimum atomic E-state index is -4.52. The van der Waals surface area contributed by atoms with Crippen LogP contribution in [0, 0.1) is 17.2 Å². The lowest BCUT2D eigenvalue weighted by Crippen LogP contribution is -2.12. The van der Waals surface area contributed by atoms with Gasteiger partial charge in [0.1, 0.15) is 11.1 Å². The molecule has 0 aliphatic heterocycles. The third-order valence-electron chi connectivity index (χ3n) is 2.27. The number of nitriles is 1. The first kappa shape index (κ1) is 14.8. The van der Waals surface area contributed by atoms with Crippen LogP contribution in [-0.4, -0.2) is 11.2 Å². The van der Waals surface area contributed by atoms with Crippen LogP contribution in [0.15, 0.2) is 11.1 Å². The zero-order valence-corrected chi connectivity index (χ0v) is 11.1. The van der Waals surface area contributed by atoms with Crippen molar-refractivity contribution in [2.75, 3.05) is 6.26 Å². The second kappa shape index (κ2) is 5.61. The molecular weight excluding hydrogens is 261 g/mol. The SMILES string of the molecule is CSc1nc(CC(C)C)cc(C(F)(F)F)c1C#N. The van der Waals surface area contributed by atoms with Gasteiger partial charge in [-0.3, -0.25) is 0 Å². The second-order valence-corrected chi connectivity index (χ2v) is 5.05. The molecule has 0 amide bonds. The average Bonchev–Trinajstić information content (AvgIpc) is 2.25. The van der Waals surface area contributed by atoms with Gasteiger partial charge in [0, 0.05) is 5.69 Å². The molecule has 0 aliphatic rings. The largest absolute Gasteiger partial charge is 0.417 e. The molecule has 0 bridgehead atoms. The van der Waals surface area contributed by atoms with E-state index in [2.05, 4.69) is 4.98 Å². The van der Waals surface area contributed by atoms with Gasteiger partial charge in [0.15, 0.2) is 0 Å². The first-order valence-corrected chi connectivity index (χ1v) is 6.57. The Kier molecular flexibility index (Phi) is 4.63. The van der Waals surface area contributed by atoms with Gasteiger partial charge in [0.05, 0.1) is 11.1 Å². The van der Waals surface area contributed by atoms with E-state index in [9.17, 15) is 13.2 Å². The predicted octanol–water partition coefficient (Wildman–Crippen LogP) is 3.89. The van der Waals surface area contributed by atoms with E-state index in [1.165, 1.54) is 0 Å². The summed E-state index contributed by atoms with van der Waals surface area (Å²) in [6.45, 7) is 3.82. The van der Waals surface area contributed by atoms with E-state index in [0.29, 0.717) is 12.1 Å². The number of pyridine rings is 1. The van der Waals surface area contributed by atoms with Crippen LogP contribution in [0.2, 0.25) is 0 Å². The molecule has 0 spiro atoms. The number of alkyl halides is 3. The molecule has 0 fully saturated rings. The van der Waals surface area contributed by atoms with Gasteiger partial charge in [0.25, 0.3) is 0 Å². The summed E-state index contributed by atoms with van der Waals surface area (Å²) in [6.07, 6.45) is -2.45. The van der Waals surface area contributed by atoms with Crippen molar-refractivity contribution in [2.45, 2.75) is 31.5 Å². The Balaban J connectivity index is 3.42. The number of aromatic nitrogens is 1. The fraction of sp³-hybridized carbons (Fsp3) is 0.500. The summed E-state index contributed by atoms with van der Waals surface area (Å²) in [7, 11) is 0. The summed E-state index contributed by atoms with van der Waals surface area (Å²) in [6, 6.07) is 2.58. The topological polar surface area (TPSA) is 36.7 Å². The van der Waals surface area contributed by atoms with Gasteiger partial charge in [-0.05, 0) is 24.7 Å². The lowest BCUT2D eigenvalue weighted by atomic mass is 10.0. The van der Waals surface area contributed by atoms with E-state index >= 15 is 0 Å². The first-order chi connectivity index (χ1) is 8.29. The lowest BCUT2D eigenvalue weighted by molar-refractivity contribution is -0.138. The number of hydrogen-bond donors (Lipinski definition) is 0. The fourth-order valence-corrected chi connectivity index (χ4v) is 2.14. The number of hydrogen-bond acceptors (Lipinski definition) is 3. The number of thioether (sulfide) groups is 1. The normalized spacial score (nSPS) is 11.7. The van der Waals surface area contributed by atoms with Crippen molar-refractivity contribution in [1.82, 2.24) is 4.98 Å². The maximum absolute atomic E-state index is 12.9. The molecule has 1 aromatic heterocycles. The maximum atomic E-state index is 12.9. The predicted molar refractivity (Wildman–Crippen MR) is 64.3 cm³/mol. The fourth-order valence-electron chi connectivity index (χ4n) is 1.57. The highest BCUT2D eigenvalue weighted by molar-refractivity contribution is 7.98. The van der Waals surface area contributed by atoms with Crippen LogP contribution >= 0.6 is 11.8 Å². The molecule has 6 heteroatoms. The van der Waals surface area contributed by atoms with E-state index in [-0.39, 0.29) is 16.5 Å². The van der Waals surface area contributed by atoms with Crippen molar-refractivity contribution in [3.8, 4) is 6.07 Å². The zero-order chi connectivity index (χ0) is 13.9. The van der Waals surface area contributed by atoms with Gasteiger partial charge in [0.2, 0.25) is 0 Å². The van der Waals surface area contributed by atoms with Crippen LogP contribution in [0.4, 0.5) is 13.2 Å². The highest BCUT2D eigenvalue weighted by Crippen LogP contribution is 2.35. The molecule has 1 heterocycles. The highest BCUT2D eigenvalue weighted by Gasteiger charge is 2.35. The van der Waals surface area contributed by atoms with Crippen molar-refractivity contribution >= 4 is 11.8 Å².